The summed E-state index contributed by atoms with van der Waals surface area (Å²) in [6.45, 7) is 2.52. The van der Waals surface area contributed by atoms with Crippen molar-refractivity contribution in [3.63, 3.8) is 0 Å². The van der Waals surface area contributed by atoms with Crippen LogP contribution in [0.5, 0.6) is 0 Å². The number of fused-ring (bicyclic) bond motifs is 1. The highest BCUT2D eigenvalue weighted by Crippen LogP contribution is 2.35. The van der Waals surface area contributed by atoms with E-state index < -0.39 is 6.04 Å². The number of hydrogen-bond donors (Lipinski definition) is 2. The topological polar surface area (TPSA) is 92.2 Å². The molecular weight excluding hydrogens is 452 g/mol. The zero-order valence-electron chi connectivity index (χ0n) is 21.2. The molecule has 2 fully saturated rings. The molecule has 3 heterocycles. The summed E-state index contributed by atoms with van der Waals surface area (Å²) < 4.78 is 1.90. The summed E-state index contributed by atoms with van der Waals surface area (Å²) in [6.07, 6.45) is 12.7. The van der Waals surface area contributed by atoms with Crippen LogP contribution in [0.3, 0.4) is 0 Å². The van der Waals surface area contributed by atoms with Crippen LogP contribution >= 0.6 is 0 Å². The Morgan fingerprint density at radius 2 is 1.83 bits per heavy atom. The molecule has 8 heteroatoms. The largest absolute Gasteiger partial charge is 0.343 e. The van der Waals surface area contributed by atoms with Crippen LogP contribution in [0, 0.1) is 5.92 Å². The minimum absolute atomic E-state index is 0.0380. The van der Waals surface area contributed by atoms with Crippen molar-refractivity contribution in [2.75, 3.05) is 13.6 Å². The highest BCUT2D eigenvalue weighted by atomic mass is 16.2. The van der Waals surface area contributed by atoms with Crippen molar-refractivity contribution in [1.29, 1.82) is 0 Å². The number of likely N-dealkylation sites (tertiary alicyclic amines) is 1. The van der Waals surface area contributed by atoms with Crippen molar-refractivity contribution in [1.82, 2.24) is 30.3 Å². The van der Waals surface area contributed by atoms with E-state index in [9.17, 15) is 9.59 Å². The average molecular weight is 489 g/mol. The van der Waals surface area contributed by atoms with E-state index in [4.69, 9.17) is 0 Å². The van der Waals surface area contributed by atoms with Gasteiger partial charge in [-0.05, 0) is 63.3 Å². The molecule has 190 valence electrons. The second-order valence-corrected chi connectivity index (χ2v) is 10.2. The lowest BCUT2D eigenvalue weighted by atomic mass is 9.83. The molecule has 2 aliphatic rings. The standard InChI is InChI=1S/C28H36N6O2/c1-19(29-2)27(35)32-26(20-9-4-3-5-10-20)28(36)33-14-8-13-24(33)22-15-23(18-30-16-22)34-25-12-7-6-11-21(25)17-31-34/h6-7,11-12,15-20,24,26,29H,3-5,8-10,13-14H2,1-2H3,(H,32,35)/t19?,24-,26-/m0/s1. The average Bonchev–Trinajstić information content (AvgIpc) is 3.59. The van der Waals surface area contributed by atoms with Crippen molar-refractivity contribution in [3.8, 4) is 5.69 Å². The van der Waals surface area contributed by atoms with E-state index in [0.717, 1.165) is 60.7 Å². The molecule has 3 aromatic rings. The van der Waals surface area contributed by atoms with E-state index in [1.165, 1.54) is 6.42 Å². The lowest BCUT2D eigenvalue weighted by Gasteiger charge is -2.35. The van der Waals surface area contributed by atoms with Gasteiger partial charge in [-0.1, -0.05) is 37.5 Å². The van der Waals surface area contributed by atoms with Gasteiger partial charge in [0.2, 0.25) is 11.8 Å². The van der Waals surface area contributed by atoms with Crippen LogP contribution in [-0.4, -0.2) is 57.2 Å². The maximum absolute atomic E-state index is 14.0. The third-order valence-electron chi connectivity index (χ3n) is 7.90. The molecule has 1 aliphatic carbocycles. The number of nitrogens with zero attached hydrogens (tertiary/aromatic N) is 4. The number of benzene rings is 1. The molecule has 0 spiro atoms. The van der Waals surface area contributed by atoms with Gasteiger partial charge in [0, 0.05) is 18.1 Å². The van der Waals surface area contributed by atoms with E-state index in [0.29, 0.717) is 6.54 Å². The van der Waals surface area contributed by atoms with E-state index in [-0.39, 0.29) is 29.8 Å². The summed E-state index contributed by atoms with van der Waals surface area (Å²) in [5, 5.41) is 11.8. The number of rotatable bonds is 7. The number of carbonyl (C=O) groups is 2. The zero-order valence-corrected chi connectivity index (χ0v) is 21.2. The Hall–Kier alpha value is -3.26. The van der Waals surface area contributed by atoms with Gasteiger partial charge >= 0.3 is 0 Å². The summed E-state index contributed by atoms with van der Waals surface area (Å²) in [5.74, 6) is 0.0998. The number of amides is 2. The molecule has 36 heavy (non-hydrogen) atoms. The third-order valence-corrected chi connectivity index (χ3v) is 7.90. The monoisotopic (exact) mass is 488 g/mol. The second-order valence-electron chi connectivity index (χ2n) is 10.2. The Bertz CT molecular complexity index is 1220. The normalized spacial score (nSPS) is 20.4. The number of nitrogens with one attached hydrogen (secondary N) is 2. The minimum atomic E-state index is -0.486. The number of hydrogen-bond acceptors (Lipinski definition) is 5. The van der Waals surface area contributed by atoms with Crippen LogP contribution in [0.15, 0.2) is 48.9 Å². The lowest BCUT2D eigenvalue weighted by molar-refractivity contribution is -0.139. The lowest BCUT2D eigenvalue weighted by Crippen LogP contribution is -2.55. The summed E-state index contributed by atoms with van der Waals surface area (Å²) in [6, 6.07) is 9.31. The maximum Gasteiger partial charge on any atom is 0.245 e. The van der Waals surface area contributed by atoms with Crippen LogP contribution in [0.2, 0.25) is 0 Å². The molecule has 2 amide bonds. The highest BCUT2D eigenvalue weighted by molar-refractivity contribution is 5.90. The van der Waals surface area contributed by atoms with Crippen LogP contribution in [0.1, 0.15) is 63.5 Å². The predicted octanol–water partition coefficient (Wildman–Crippen LogP) is 3.76. The van der Waals surface area contributed by atoms with Crippen molar-refractivity contribution in [2.24, 2.45) is 5.92 Å². The SMILES string of the molecule is CNC(C)C(=O)N[C@H](C(=O)N1CCC[C@H]1c1cncc(-n2ncc3ccccc32)c1)C1CCCCC1. The van der Waals surface area contributed by atoms with Crippen molar-refractivity contribution in [2.45, 2.75) is 70.0 Å². The first-order valence-corrected chi connectivity index (χ1v) is 13.2. The summed E-state index contributed by atoms with van der Waals surface area (Å²) >= 11 is 0. The van der Waals surface area contributed by atoms with Gasteiger partial charge in [0.1, 0.15) is 6.04 Å². The highest BCUT2D eigenvalue weighted by Gasteiger charge is 2.39. The smallest absolute Gasteiger partial charge is 0.245 e. The van der Waals surface area contributed by atoms with Gasteiger partial charge in [0.25, 0.3) is 0 Å². The number of aromatic nitrogens is 3. The molecule has 1 aliphatic heterocycles. The van der Waals surface area contributed by atoms with Gasteiger partial charge < -0.3 is 15.5 Å². The Labute approximate surface area is 212 Å². The van der Waals surface area contributed by atoms with Crippen LogP contribution < -0.4 is 10.6 Å². The molecule has 8 nitrogen and oxygen atoms in total. The Balaban J connectivity index is 1.41. The van der Waals surface area contributed by atoms with Gasteiger partial charge in [-0.25, -0.2) is 4.68 Å². The number of likely N-dealkylation sites (N-methyl/N-ethyl adjacent to an activating group) is 1. The molecule has 3 atom stereocenters. The number of carbonyl (C=O) groups excluding carboxylic acids is 2. The fourth-order valence-electron chi connectivity index (χ4n) is 5.73. The van der Waals surface area contributed by atoms with Crippen molar-refractivity contribution < 1.29 is 9.59 Å². The molecule has 1 saturated heterocycles. The van der Waals surface area contributed by atoms with E-state index in [1.54, 1.807) is 7.05 Å². The third kappa shape index (κ3) is 4.87. The molecule has 0 radical (unpaired) electrons. The summed E-state index contributed by atoms with van der Waals surface area (Å²) in [4.78, 5) is 33.3. The van der Waals surface area contributed by atoms with Crippen LogP contribution in [-0.2, 0) is 9.59 Å². The van der Waals surface area contributed by atoms with Gasteiger partial charge in [-0.3, -0.25) is 14.6 Å². The molecule has 5 rings (SSSR count). The summed E-state index contributed by atoms with van der Waals surface area (Å²) in [5.41, 5.74) is 2.91. The first kappa shape index (κ1) is 24.4. The zero-order chi connectivity index (χ0) is 25.1. The molecule has 0 bridgehead atoms. The fourth-order valence-corrected chi connectivity index (χ4v) is 5.73. The van der Waals surface area contributed by atoms with Gasteiger partial charge in [-0.15, -0.1) is 0 Å². The van der Waals surface area contributed by atoms with E-state index in [1.807, 2.05) is 59.4 Å². The molecule has 1 saturated carbocycles. The van der Waals surface area contributed by atoms with Gasteiger partial charge in [0.15, 0.2) is 0 Å². The van der Waals surface area contributed by atoms with Crippen molar-refractivity contribution in [3.05, 3.63) is 54.5 Å². The molecule has 1 aromatic carbocycles. The first-order valence-electron chi connectivity index (χ1n) is 13.2. The second kappa shape index (κ2) is 10.8. The number of pyridine rings is 1. The quantitative estimate of drug-likeness (QED) is 0.528. The van der Waals surface area contributed by atoms with Crippen LogP contribution in [0.4, 0.5) is 0 Å². The maximum atomic E-state index is 14.0. The van der Waals surface area contributed by atoms with Crippen molar-refractivity contribution >= 4 is 22.7 Å². The molecule has 2 N–H and O–H groups in total. The van der Waals surface area contributed by atoms with Crippen LogP contribution in [0.25, 0.3) is 16.6 Å². The van der Waals surface area contributed by atoms with E-state index in [2.05, 4.69) is 26.8 Å². The molecule has 1 unspecified atom stereocenters. The predicted molar refractivity (Wildman–Crippen MR) is 140 cm³/mol. The van der Waals surface area contributed by atoms with E-state index >= 15 is 0 Å². The minimum Gasteiger partial charge on any atom is -0.343 e. The van der Waals surface area contributed by atoms with Gasteiger partial charge in [0.05, 0.1) is 35.7 Å². The van der Waals surface area contributed by atoms with Gasteiger partial charge in [-0.2, -0.15) is 5.10 Å². The number of para-hydroxylation sites is 1. The Kier molecular flexibility index (Phi) is 7.32. The Morgan fingerprint density at radius 3 is 2.64 bits per heavy atom. The summed E-state index contributed by atoms with van der Waals surface area (Å²) in [7, 11) is 1.76. The fraction of sp³-hybridized carbons (Fsp3) is 0.500. The molecular formula is C28H36N6O2. The molecule has 2 aromatic heterocycles. The first-order chi connectivity index (χ1) is 17.6. The Morgan fingerprint density at radius 1 is 1.03 bits per heavy atom.